The van der Waals surface area contributed by atoms with Gasteiger partial charge in [-0.25, -0.2) is 9.78 Å². The maximum atomic E-state index is 12.7. The van der Waals surface area contributed by atoms with Crippen LogP contribution in [0.3, 0.4) is 0 Å². The Morgan fingerprint density at radius 2 is 1.93 bits per heavy atom. The van der Waals surface area contributed by atoms with Crippen molar-refractivity contribution in [3.05, 3.63) is 41.7 Å². The number of aromatic carboxylic acids is 1. The second kappa shape index (κ2) is 8.22. The van der Waals surface area contributed by atoms with Crippen LogP contribution in [0.4, 0.5) is 5.95 Å². The van der Waals surface area contributed by atoms with Gasteiger partial charge in [0.15, 0.2) is 5.69 Å². The average molecular weight is 384 g/mol. The highest BCUT2D eigenvalue weighted by molar-refractivity contribution is 6.09. The molecule has 0 bridgehead atoms. The maximum Gasteiger partial charge on any atom is 0.357 e. The van der Waals surface area contributed by atoms with Crippen molar-refractivity contribution in [3.63, 3.8) is 0 Å². The fourth-order valence-corrected chi connectivity index (χ4v) is 3.16. The van der Waals surface area contributed by atoms with Crippen molar-refractivity contribution in [2.75, 3.05) is 25.0 Å². The number of para-hydroxylation sites is 2. The lowest BCUT2D eigenvalue weighted by Gasteiger charge is -2.19. The van der Waals surface area contributed by atoms with Gasteiger partial charge >= 0.3 is 5.97 Å². The lowest BCUT2D eigenvalue weighted by Crippen LogP contribution is -2.28. The number of benzene rings is 1. The number of nitrogens with one attached hydrogen (secondary N) is 1. The fourth-order valence-electron chi connectivity index (χ4n) is 3.16. The lowest BCUT2D eigenvalue weighted by molar-refractivity contribution is 0.0685. The maximum absolute atomic E-state index is 12.7. The third kappa shape index (κ3) is 3.89. The highest BCUT2D eigenvalue weighted by Gasteiger charge is 2.23. The number of fused-ring (bicyclic) bond motifs is 1. The number of carboxylic acid groups (broad SMARTS) is 1. The highest BCUT2D eigenvalue weighted by Crippen LogP contribution is 2.20. The molecular weight excluding hydrogens is 360 g/mol. The van der Waals surface area contributed by atoms with Gasteiger partial charge in [0.05, 0.1) is 16.6 Å². The number of hydrogen-bond donors (Lipinski definition) is 2. The molecule has 148 valence electrons. The van der Waals surface area contributed by atoms with E-state index >= 15 is 0 Å². The van der Waals surface area contributed by atoms with Gasteiger partial charge in [-0.3, -0.25) is 14.8 Å². The standard InChI is InChI=1S/C19H24N6O3/c1-4-24(5-2)10-11-25-15-9-7-6-8-14(15)20-19(25)21-17(26)13-12-23(3)22-16(13)18(27)28/h6-9,12H,4-5,10-11H2,1-3H3,(H,27,28)(H,20,21,26). The predicted molar refractivity (Wildman–Crippen MR) is 106 cm³/mol. The van der Waals surface area contributed by atoms with Crippen LogP contribution in [0.1, 0.15) is 34.7 Å². The van der Waals surface area contributed by atoms with Crippen LogP contribution in [0.2, 0.25) is 0 Å². The van der Waals surface area contributed by atoms with Gasteiger partial charge in [-0.1, -0.05) is 26.0 Å². The number of carboxylic acids is 1. The number of aromatic nitrogens is 4. The fraction of sp³-hybridized carbons (Fsp3) is 0.368. The largest absolute Gasteiger partial charge is 0.476 e. The Hall–Kier alpha value is -3.20. The lowest BCUT2D eigenvalue weighted by atomic mass is 10.2. The predicted octanol–water partition coefficient (Wildman–Crippen LogP) is 2.06. The summed E-state index contributed by atoms with van der Waals surface area (Å²) in [5.41, 5.74) is 1.39. The van der Waals surface area contributed by atoms with Gasteiger partial charge in [0, 0.05) is 26.3 Å². The molecule has 3 rings (SSSR count). The average Bonchev–Trinajstić information content (AvgIpc) is 3.23. The van der Waals surface area contributed by atoms with E-state index in [-0.39, 0.29) is 11.3 Å². The minimum absolute atomic E-state index is 0.00245. The van der Waals surface area contributed by atoms with Crippen molar-refractivity contribution in [1.29, 1.82) is 0 Å². The number of likely N-dealkylation sites (N-methyl/N-ethyl adjacent to an activating group) is 1. The van der Waals surface area contributed by atoms with Gasteiger partial charge in [-0.2, -0.15) is 5.10 Å². The number of rotatable bonds is 8. The SMILES string of the molecule is CCN(CC)CCn1c(NC(=O)c2cn(C)nc2C(=O)O)nc2ccccc21. The molecule has 2 N–H and O–H groups in total. The molecule has 9 nitrogen and oxygen atoms in total. The van der Waals surface area contributed by atoms with Crippen molar-refractivity contribution in [1.82, 2.24) is 24.2 Å². The Morgan fingerprint density at radius 1 is 1.21 bits per heavy atom. The molecule has 0 aliphatic heterocycles. The molecule has 9 heteroatoms. The summed E-state index contributed by atoms with van der Waals surface area (Å²) in [4.78, 5) is 30.9. The van der Waals surface area contributed by atoms with Gasteiger partial charge in [0.2, 0.25) is 5.95 Å². The van der Waals surface area contributed by atoms with E-state index in [4.69, 9.17) is 0 Å². The summed E-state index contributed by atoms with van der Waals surface area (Å²) in [5, 5.41) is 15.9. The van der Waals surface area contributed by atoms with Crippen LogP contribution < -0.4 is 5.32 Å². The molecule has 0 fully saturated rings. The first kappa shape index (κ1) is 19.6. The van der Waals surface area contributed by atoms with E-state index in [9.17, 15) is 14.7 Å². The number of nitrogens with zero attached hydrogens (tertiary/aromatic N) is 5. The summed E-state index contributed by atoms with van der Waals surface area (Å²) in [6.45, 7) is 7.53. The van der Waals surface area contributed by atoms with Crippen LogP contribution in [0.25, 0.3) is 11.0 Å². The minimum Gasteiger partial charge on any atom is -0.476 e. The molecule has 0 saturated carbocycles. The van der Waals surface area contributed by atoms with Gasteiger partial charge in [0.25, 0.3) is 5.91 Å². The Bertz CT molecular complexity index is 1000. The first-order chi connectivity index (χ1) is 13.4. The summed E-state index contributed by atoms with van der Waals surface area (Å²) in [5.74, 6) is -1.41. The van der Waals surface area contributed by atoms with Crippen molar-refractivity contribution in [2.24, 2.45) is 7.05 Å². The summed E-state index contributed by atoms with van der Waals surface area (Å²) >= 11 is 0. The molecule has 1 amide bonds. The van der Waals surface area contributed by atoms with Crippen molar-refractivity contribution >= 4 is 28.9 Å². The third-order valence-corrected chi connectivity index (χ3v) is 4.69. The van der Waals surface area contributed by atoms with Crippen LogP contribution in [-0.4, -0.2) is 60.8 Å². The van der Waals surface area contributed by atoms with Crippen LogP contribution in [0.15, 0.2) is 30.5 Å². The quantitative estimate of drug-likeness (QED) is 0.616. The summed E-state index contributed by atoms with van der Waals surface area (Å²) in [6.07, 6.45) is 1.39. The number of aryl methyl sites for hydroxylation is 1. The molecular formula is C19H24N6O3. The van der Waals surface area contributed by atoms with Crippen LogP contribution in [0, 0.1) is 0 Å². The zero-order valence-corrected chi connectivity index (χ0v) is 16.2. The molecule has 0 unspecified atom stereocenters. The number of amides is 1. The molecule has 2 heterocycles. The zero-order chi connectivity index (χ0) is 20.3. The van der Waals surface area contributed by atoms with Crippen LogP contribution in [0.5, 0.6) is 0 Å². The highest BCUT2D eigenvalue weighted by atomic mass is 16.4. The smallest absolute Gasteiger partial charge is 0.357 e. The van der Waals surface area contributed by atoms with Crippen LogP contribution in [-0.2, 0) is 13.6 Å². The molecule has 0 atom stereocenters. The molecule has 28 heavy (non-hydrogen) atoms. The topological polar surface area (TPSA) is 105 Å². The van der Waals surface area contributed by atoms with Gasteiger partial charge in [-0.15, -0.1) is 0 Å². The molecule has 0 aliphatic carbocycles. The third-order valence-electron chi connectivity index (χ3n) is 4.69. The van der Waals surface area contributed by atoms with Crippen LogP contribution >= 0.6 is 0 Å². The summed E-state index contributed by atoms with van der Waals surface area (Å²) in [7, 11) is 1.57. The summed E-state index contributed by atoms with van der Waals surface area (Å²) in [6, 6.07) is 7.64. The Kier molecular flexibility index (Phi) is 5.74. The first-order valence-corrected chi connectivity index (χ1v) is 9.20. The van der Waals surface area contributed by atoms with Gasteiger partial charge in [0.1, 0.15) is 0 Å². The number of anilines is 1. The van der Waals surface area contributed by atoms with Crippen molar-refractivity contribution in [3.8, 4) is 0 Å². The number of imidazole rings is 1. The monoisotopic (exact) mass is 384 g/mol. The van der Waals surface area contributed by atoms with E-state index in [1.54, 1.807) is 7.05 Å². The van der Waals surface area contributed by atoms with Gasteiger partial charge in [-0.05, 0) is 25.2 Å². The first-order valence-electron chi connectivity index (χ1n) is 9.20. The van der Waals surface area contributed by atoms with E-state index in [1.165, 1.54) is 10.9 Å². The van der Waals surface area contributed by atoms with Gasteiger partial charge < -0.3 is 14.6 Å². The minimum atomic E-state index is -1.25. The van der Waals surface area contributed by atoms with Crippen molar-refractivity contribution in [2.45, 2.75) is 20.4 Å². The molecule has 0 aliphatic rings. The van der Waals surface area contributed by atoms with E-state index < -0.39 is 11.9 Å². The molecule has 0 radical (unpaired) electrons. The Balaban J connectivity index is 1.93. The molecule has 1 aromatic carbocycles. The van der Waals surface area contributed by atoms with E-state index in [0.717, 1.165) is 30.7 Å². The molecule has 2 aromatic heterocycles. The summed E-state index contributed by atoms with van der Waals surface area (Å²) < 4.78 is 3.25. The van der Waals surface area contributed by atoms with Crippen molar-refractivity contribution < 1.29 is 14.7 Å². The number of carbonyl (C=O) groups is 2. The Morgan fingerprint density at radius 3 is 2.61 bits per heavy atom. The molecule has 0 spiro atoms. The van der Waals surface area contributed by atoms with E-state index in [1.807, 2.05) is 28.8 Å². The number of hydrogen-bond acceptors (Lipinski definition) is 5. The second-order valence-electron chi connectivity index (χ2n) is 6.43. The van der Waals surface area contributed by atoms with E-state index in [2.05, 4.69) is 34.1 Å². The molecule has 0 saturated heterocycles. The molecule has 3 aromatic rings. The Labute approximate surface area is 162 Å². The van der Waals surface area contributed by atoms with E-state index in [0.29, 0.717) is 12.5 Å². The number of carbonyl (C=O) groups excluding carboxylic acids is 1. The normalized spacial score (nSPS) is 11.3. The second-order valence-corrected chi connectivity index (χ2v) is 6.43. The zero-order valence-electron chi connectivity index (χ0n) is 16.2.